The van der Waals surface area contributed by atoms with Gasteiger partial charge in [0.25, 0.3) is 0 Å². The maximum atomic E-state index is 13.5. The van der Waals surface area contributed by atoms with Gasteiger partial charge in [-0.1, -0.05) is 26.0 Å². The molecule has 2 fully saturated rings. The smallest absolute Gasteiger partial charge is 0.248 e. The highest BCUT2D eigenvalue weighted by Gasteiger charge is 2.45. The maximum absolute atomic E-state index is 13.5. The number of β-amino-alcohol motifs (C(OH)–C–C–N with tert-alkyl or cyclic N) is 1. The van der Waals surface area contributed by atoms with E-state index >= 15 is 0 Å². The molecule has 2 aliphatic rings. The number of rotatable bonds is 5. The second kappa shape index (κ2) is 8.99. The number of aliphatic hydroxyl groups is 1. The summed E-state index contributed by atoms with van der Waals surface area (Å²) in [5, 5.41) is 21.3. The summed E-state index contributed by atoms with van der Waals surface area (Å²) >= 11 is 0. The largest absolute Gasteiger partial charge is 0.391 e. The first-order valence-electron chi connectivity index (χ1n) is 10.6. The third kappa shape index (κ3) is 4.98. The van der Waals surface area contributed by atoms with Crippen molar-refractivity contribution in [1.82, 2.24) is 35.0 Å². The van der Waals surface area contributed by atoms with Crippen LogP contribution in [0.2, 0.25) is 0 Å². The van der Waals surface area contributed by atoms with Gasteiger partial charge in [0.1, 0.15) is 12.1 Å². The molecule has 10 nitrogen and oxygen atoms in total. The molecule has 10 heteroatoms. The van der Waals surface area contributed by atoms with Crippen LogP contribution in [0, 0.1) is 5.41 Å². The number of hydrogen-bond donors (Lipinski definition) is 2. The van der Waals surface area contributed by atoms with Gasteiger partial charge in [-0.15, -0.1) is 5.10 Å². The summed E-state index contributed by atoms with van der Waals surface area (Å²) in [5.41, 5.74) is 0.377. The zero-order valence-corrected chi connectivity index (χ0v) is 18.7. The summed E-state index contributed by atoms with van der Waals surface area (Å²) in [6.07, 6.45) is 1.38. The number of aromatic nitrogens is 3. The van der Waals surface area contributed by atoms with Crippen molar-refractivity contribution in [3.63, 3.8) is 0 Å². The van der Waals surface area contributed by atoms with E-state index in [-0.39, 0.29) is 24.8 Å². The van der Waals surface area contributed by atoms with E-state index in [0.29, 0.717) is 6.54 Å². The molecule has 2 N–H and O–H groups in total. The minimum absolute atomic E-state index is 0.145. The second-order valence-corrected chi connectivity index (χ2v) is 9.55. The molecule has 3 rings (SSSR count). The molecule has 30 heavy (non-hydrogen) atoms. The standard InChI is InChI=1S/C20H35N7O3/c1-20(2,3)17(19(30)26-13-15(28)10-16(26)18(29)21-4)27-12-14(22-23-27)11-25-8-6-24(5)7-9-25/h12,15-17,28H,6-11,13H2,1-5H3,(H,21,29)/t15-,16+,17-/m1/s1. The first-order valence-corrected chi connectivity index (χ1v) is 10.6. The highest BCUT2D eigenvalue weighted by molar-refractivity contribution is 5.90. The third-order valence-electron chi connectivity index (χ3n) is 5.97. The quantitative estimate of drug-likeness (QED) is 0.649. The molecule has 2 saturated heterocycles. The molecule has 0 unspecified atom stereocenters. The lowest BCUT2D eigenvalue weighted by molar-refractivity contribution is -0.144. The van der Waals surface area contributed by atoms with Crippen LogP contribution in [0.3, 0.4) is 0 Å². The molecule has 3 heterocycles. The SMILES string of the molecule is CNC(=O)[C@@H]1C[C@@H](O)CN1C(=O)[C@@H](n1cc(CN2CCN(C)CC2)nn1)C(C)(C)C. The Hall–Kier alpha value is -2.04. The number of piperazine rings is 1. The number of likely N-dealkylation sites (N-methyl/N-ethyl adjacent to an activating group) is 2. The molecule has 0 aliphatic carbocycles. The lowest BCUT2D eigenvalue weighted by Gasteiger charge is -2.34. The zero-order valence-electron chi connectivity index (χ0n) is 18.7. The van der Waals surface area contributed by atoms with E-state index in [9.17, 15) is 14.7 Å². The van der Waals surface area contributed by atoms with Gasteiger partial charge in [-0.05, 0) is 12.5 Å². The van der Waals surface area contributed by atoms with Crippen molar-refractivity contribution < 1.29 is 14.7 Å². The molecule has 1 aromatic rings. The summed E-state index contributed by atoms with van der Waals surface area (Å²) in [6.45, 7) is 10.8. The van der Waals surface area contributed by atoms with E-state index in [4.69, 9.17) is 0 Å². The Kier molecular flexibility index (Phi) is 6.78. The lowest BCUT2D eigenvalue weighted by atomic mass is 9.85. The first kappa shape index (κ1) is 22.6. The predicted molar refractivity (Wildman–Crippen MR) is 111 cm³/mol. The molecule has 0 spiro atoms. The van der Waals surface area contributed by atoms with Crippen molar-refractivity contribution in [2.24, 2.45) is 5.41 Å². The van der Waals surface area contributed by atoms with Crippen molar-refractivity contribution in [2.75, 3.05) is 46.8 Å². The molecule has 2 aliphatic heterocycles. The van der Waals surface area contributed by atoms with E-state index in [1.54, 1.807) is 11.7 Å². The van der Waals surface area contributed by atoms with Crippen LogP contribution in [0.15, 0.2) is 6.20 Å². The van der Waals surface area contributed by atoms with Gasteiger partial charge in [-0.3, -0.25) is 14.5 Å². The number of nitrogens with one attached hydrogen (secondary N) is 1. The Bertz CT molecular complexity index is 752. The lowest BCUT2D eigenvalue weighted by Crippen LogP contribution is -2.49. The fourth-order valence-electron chi connectivity index (χ4n) is 4.26. The van der Waals surface area contributed by atoms with E-state index in [0.717, 1.165) is 31.9 Å². The van der Waals surface area contributed by atoms with E-state index in [1.165, 1.54) is 4.90 Å². The van der Waals surface area contributed by atoms with Gasteiger partial charge in [-0.2, -0.15) is 0 Å². The number of carbonyl (C=O) groups excluding carboxylic acids is 2. The number of amides is 2. The number of carbonyl (C=O) groups is 2. The molecular weight excluding hydrogens is 386 g/mol. The zero-order chi connectivity index (χ0) is 22.1. The summed E-state index contributed by atoms with van der Waals surface area (Å²) in [4.78, 5) is 31.9. The predicted octanol–water partition coefficient (Wildman–Crippen LogP) is -0.679. The van der Waals surface area contributed by atoms with Crippen LogP contribution in [-0.4, -0.2) is 106 Å². The first-order chi connectivity index (χ1) is 14.1. The minimum atomic E-state index is -0.708. The van der Waals surface area contributed by atoms with Gasteiger partial charge in [0.05, 0.1) is 18.0 Å². The Morgan fingerprint density at radius 1 is 1.27 bits per heavy atom. The Morgan fingerprint density at radius 3 is 2.53 bits per heavy atom. The number of hydrogen-bond acceptors (Lipinski definition) is 7. The fraction of sp³-hybridized carbons (Fsp3) is 0.800. The normalized spacial score (nSPS) is 24.8. The van der Waals surface area contributed by atoms with Crippen molar-refractivity contribution in [1.29, 1.82) is 0 Å². The maximum Gasteiger partial charge on any atom is 0.248 e. The fourth-order valence-corrected chi connectivity index (χ4v) is 4.26. The number of nitrogens with zero attached hydrogens (tertiary/aromatic N) is 6. The van der Waals surface area contributed by atoms with Crippen LogP contribution >= 0.6 is 0 Å². The van der Waals surface area contributed by atoms with Crippen LogP contribution < -0.4 is 5.32 Å². The molecule has 0 bridgehead atoms. The van der Waals surface area contributed by atoms with E-state index in [2.05, 4.69) is 32.5 Å². The van der Waals surface area contributed by atoms with Gasteiger partial charge in [0.15, 0.2) is 0 Å². The average Bonchev–Trinajstić information content (AvgIpc) is 3.28. The minimum Gasteiger partial charge on any atom is -0.391 e. The van der Waals surface area contributed by atoms with Crippen LogP contribution in [0.4, 0.5) is 0 Å². The van der Waals surface area contributed by atoms with Crippen LogP contribution in [0.5, 0.6) is 0 Å². The van der Waals surface area contributed by atoms with Gasteiger partial charge in [-0.25, -0.2) is 4.68 Å². The van der Waals surface area contributed by atoms with Crippen molar-refractivity contribution in [2.45, 2.75) is 51.9 Å². The average molecular weight is 422 g/mol. The number of likely N-dealkylation sites (tertiary alicyclic amines) is 1. The monoisotopic (exact) mass is 421 g/mol. The molecule has 0 saturated carbocycles. The summed E-state index contributed by atoms with van der Waals surface area (Å²) in [6, 6.07) is -1.29. The molecule has 0 radical (unpaired) electrons. The van der Waals surface area contributed by atoms with Crippen LogP contribution in [0.1, 0.15) is 38.9 Å². The summed E-state index contributed by atoms with van der Waals surface area (Å²) in [5.74, 6) is -0.481. The molecule has 3 atom stereocenters. The van der Waals surface area contributed by atoms with E-state index < -0.39 is 23.6 Å². The Morgan fingerprint density at radius 2 is 1.93 bits per heavy atom. The summed E-state index contributed by atoms with van der Waals surface area (Å²) in [7, 11) is 3.66. The van der Waals surface area contributed by atoms with Crippen molar-refractivity contribution in [3.05, 3.63) is 11.9 Å². The van der Waals surface area contributed by atoms with Crippen LogP contribution in [-0.2, 0) is 16.1 Å². The third-order valence-corrected chi connectivity index (χ3v) is 5.97. The Labute approximate surface area is 178 Å². The van der Waals surface area contributed by atoms with Gasteiger partial charge in [0.2, 0.25) is 11.8 Å². The molecule has 1 aromatic heterocycles. The number of aliphatic hydroxyl groups excluding tert-OH is 1. The van der Waals surface area contributed by atoms with E-state index in [1.807, 2.05) is 27.0 Å². The van der Waals surface area contributed by atoms with Gasteiger partial charge >= 0.3 is 0 Å². The second-order valence-electron chi connectivity index (χ2n) is 9.55. The summed E-state index contributed by atoms with van der Waals surface area (Å²) < 4.78 is 1.62. The van der Waals surface area contributed by atoms with Gasteiger partial charge < -0.3 is 20.2 Å². The Balaban J connectivity index is 1.79. The molecule has 168 valence electrons. The molecule has 2 amide bonds. The van der Waals surface area contributed by atoms with Crippen LogP contribution in [0.25, 0.3) is 0 Å². The van der Waals surface area contributed by atoms with Crippen molar-refractivity contribution >= 4 is 11.8 Å². The van der Waals surface area contributed by atoms with Gasteiger partial charge in [0, 0.05) is 52.7 Å². The van der Waals surface area contributed by atoms with Crippen molar-refractivity contribution in [3.8, 4) is 0 Å². The molecular formula is C20H35N7O3. The highest BCUT2D eigenvalue weighted by atomic mass is 16.3. The molecule has 0 aromatic carbocycles. The highest BCUT2D eigenvalue weighted by Crippen LogP contribution is 2.34. The topological polar surface area (TPSA) is 107 Å².